The van der Waals surface area contributed by atoms with Crippen molar-refractivity contribution in [1.29, 1.82) is 0 Å². The van der Waals surface area contributed by atoms with E-state index in [1.165, 1.54) is 6.07 Å². The van der Waals surface area contributed by atoms with Gasteiger partial charge in [0.1, 0.15) is 18.2 Å². The summed E-state index contributed by atoms with van der Waals surface area (Å²) in [6.45, 7) is 2.54. The summed E-state index contributed by atoms with van der Waals surface area (Å²) in [5.41, 5.74) is 2.19. The van der Waals surface area contributed by atoms with Crippen molar-refractivity contribution < 1.29 is 9.13 Å². The fourth-order valence-corrected chi connectivity index (χ4v) is 3.61. The Kier molecular flexibility index (Phi) is 5.05. The lowest BCUT2D eigenvalue weighted by atomic mass is 10.2. The van der Waals surface area contributed by atoms with Crippen molar-refractivity contribution in [3.8, 4) is 5.75 Å². The van der Waals surface area contributed by atoms with Crippen molar-refractivity contribution in [2.45, 2.75) is 13.5 Å². The van der Waals surface area contributed by atoms with E-state index in [-0.39, 0.29) is 14.4 Å². The first-order chi connectivity index (χ1) is 11.2. The van der Waals surface area contributed by atoms with E-state index in [4.69, 9.17) is 4.74 Å². The van der Waals surface area contributed by atoms with Crippen molar-refractivity contribution in [1.82, 2.24) is 0 Å². The molecule has 1 atom stereocenters. The lowest BCUT2D eigenvalue weighted by molar-refractivity contribution is 0.307. The van der Waals surface area contributed by atoms with Gasteiger partial charge in [-0.05, 0) is 24.1 Å². The van der Waals surface area contributed by atoms with Crippen LogP contribution in [0.5, 0.6) is 5.75 Å². The predicted molar refractivity (Wildman–Crippen MR) is 95.9 cm³/mol. The van der Waals surface area contributed by atoms with E-state index in [0.717, 1.165) is 22.2 Å². The molecule has 0 saturated carbocycles. The maximum absolute atomic E-state index is 13.9. The molecule has 1 nitrogen and oxygen atoms in total. The second kappa shape index (κ2) is 7.39. The number of halogens is 1. The van der Waals surface area contributed by atoms with Gasteiger partial charge in [0.25, 0.3) is 0 Å². The van der Waals surface area contributed by atoms with Gasteiger partial charge < -0.3 is 4.74 Å². The van der Waals surface area contributed by atoms with Gasteiger partial charge in [-0.25, -0.2) is 4.39 Å². The van der Waals surface area contributed by atoms with Crippen LogP contribution in [-0.2, 0) is 6.61 Å². The molecule has 23 heavy (non-hydrogen) atoms. The third-order valence-corrected chi connectivity index (χ3v) is 4.92. The number of aryl methyl sites for hydroxylation is 1. The summed E-state index contributed by atoms with van der Waals surface area (Å²) >= 11 is 0. The Balaban J connectivity index is 1.84. The SMILES string of the molecule is Cc1cccc(Pc2ccccc2F)c1OCc1ccccc1. The minimum Gasteiger partial charge on any atom is -0.488 e. The van der Waals surface area contributed by atoms with E-state index in [1.807, 2.05) is 67.6 Å². The highest BCUT2D eigenvalue weighted by atomic mass is 31.1. The molecule has 0 radical (unpaired) electrons. The Bertz CT molecular complexity index is 787. The average Bonchev–Trinajstić information content (AvgIpc) is 2.57. The highest BCUT2D eigenvalue weighted by molar-refractivity contribution is 7.55. The molecule has 3 aromatic rings. The van der Waals surface area contributed by atoms with E-state index in [2.05, 4.69) is 0 Å². The number of ether oxygens (including phenoxy) is 1. The molecule has 0 heterocycles. The molecule has 0 saturated heterocycles. The third kappa shape index (κ3) is 3.97. The van der Waals surface area contributed by atoms with Gasteiger partial charge in [0.2, 0.25) is 0 Å². The fraction of sp³-hybridized carbons (Fsp3) is 0.100. The fourth-order valence-electron chi connectivity index (χ4n) is 2.38. The highest BCUT2D eigenvalue weighted by Gasteiger charge is 2.10. The van der Waals surface area contributed by atoms with Crippen LogP contribution in [0, 0.1) is 12.7 Å². The van der Waals surface area contributed by atoms with Crippen LogP contribution in [0.3, 0.4) is 0 Å². The Hall–Kier alpha value is -2.18. The standard InChI is InChI=1S/C20H18FOP/c1-15-8-7-13-19(23-18-12-6-5-11-17(18)21)20(15)22-14-16-9-3-2-4-10-16/h2-13,23H,14H2,1H3. The highest BCUT2D eigenvalue weighted by Crippen LogP contribution is 2.24. The smallest absolute Gasteiger partial charge is 0.130 e. The molecule has 0 spiro atoms. The molecule has 116 valence electrons. The van der Waals surface area contributed by atoms with Crippen LogP contribution in [0.25, 0.3) is 0 Å². The minimum atomic E-state index is -0.165. The van der Waals surface area contributed by atoms with Gasteiger partial charge >= 0.3 is 0 Å². The Morgan fingerprint density at radius 1 is 0.826 bits per heavy atom. The Labute approximate surface area is 137 Å². The number of benzene rings is 3. The molecule has 0 amide bonds. The topological polar surface area (TPSA) is 9.23 Å². The number of para-hydroxylation sites is 1. The maximum Gasteiger partial charge on any atom is 0.130 e. The van der Waals surface area contributed by atoms with Crippen molar-refractivity contribution >= 4 is 19.2 Å². The Morgan fingerprint density at radius 2 is 1.52 bits per heavy atom. The molecule has 0 fully saturated rings. The van der Waals surface area contributed by atoms with Gasteiger partial charge in [0, 0.05) is 10.6 Å². The summed E-state index contributed by atoms with van der Waals surface area (Å²) in [5, 5.41) is 1.74. The van der Waals surface area contributed by atoms with Crippen molar-refractivity contribution in [2.24, 2.45) is 0 Å². The zero-order chi connectivity index (χ0) is 16.1. The summed E-state index contributed by atoms with van der Waals surface area (Å²) < 4.78 is 20.0. The van der Waals surface area contributed by atoms with E-state index >= 15 is 0 Å². The van der Waals surface area contributed by atoms with E-state index in [1.54, 1.807) is 6.07 Å². The molecular formula is C20H18FOP. The van der Waals surface area contributed by atoms with E-state index < -0.39 is 0 Å². The molecule has 0 aromatic heterocycles. The summed E-state index contributed by atoms with van der Waals surface area (Å²) in [6, 6.07) is 23.0. The van der Waals surface area contributed by atoms with Crippen LogP contribution < -0.4 is 15.3 Å². The average molecular weight is 324 g/mol. The summed E-state index contributed by atoms with van der Waals surface area (Å²) in [4.78, 5) is 0. The second-order valence-electron chi connectivity index (χ2n) is 5.33. The van der Waals surface area contributed by atoms with Crippen LogP contribution in [0.2, 0.25) is 0 Å². The molecular weight excluding hydrogens is 306 g/mol. The monoisotopic (exact) mass is 324 g/mol. The second-order valence-corrected chi connectivity index (χ2v) is 6.66. The zero-order valence-electron chi connectivity index (χ0n) is 12.9. The predicted octanol–water partition coefficient (Wildman–Crippen LogP) is 4.34. The molecule has 1 unspecified atom stereocenters. The van der Waals surface area contributed by atoms with Crippen LogP contribution in [0.4, 0.5) is 4.39 Å². The quantitative estimate of drug-likeness (QED) is 0.634. The van der Waals surface area contributed by atoms with Crippen molar-refractivity contribution in [3.05, 3.63) is 89.7 Å². The zero-order valence-corrected chi connectivity index (χ0v) is 13.9. The molecule has 0 aliphatic carbocycles. The first kappa shape index (κ1) is 15.7. The van der Waals surface area contributed by atoms with Crippen LogP contribution in [0.1, 0.15) is 11.1 Å². The Morgan fingerprint density at radius 3 is 2.30 bits per heavy atom. The van der Waals surface area contributed by atoms with Crippen LogP contribution in [0.15, 0.2) is 72.8 Å². The summed E-state index contributed by atoms with van der Waals surface area (Å²) in [5.74, 6) is 0.694. The normalized spacial score (nSPS) is 11.0. The summed E-state index contributed by atoms with van der Waals surface area (Å²) in [7, 11) is 0.238. The van der Waals surface area contributed by atoms with Crippen LogP contribution >= 0.6 is 8.58 Å². The van der Waals surface area contributed by atoms with Crippen molar-refractivity contribution in [3.63, 3.8) is 0 Å². The van der Waals surface area contributed by atoms with Gasteiger partial charge in [-0.15, -0.1) is 0 Å². The lowest BCUT2D eigenvalue weighted by Gasteiger charge is -2.14. The minimum absolute atomic E-state index is 0.165. The van der Waals surface area contributed by atoms with Crippen molar-refractivity contribution in [2.75, 3.05) is 0 Å². The summed E-state index contributed by atoms with van der Waals surface area (Å²) in [6.07, 6.45) is 0. The lowest BCUT2D eigenvalue weighted by Crippen LogP contribution is -2.12. The largest absolute Gasteiger partial charge is 0.488 e. The molecule has 3 aromatic carbocycles. The van der Waals surface area contributed by atoms with Gasteiger partial charge in [-0.3, -0.25) is 0 Å². The molecule has 0 aliphatic heterocycles. The van der Waals surface area contributed by atoms with Gasteiger partial charge in [0.05, 0.1) is 0 Å². The number of rotatable bonds is 5. The van der Waals surface area contributed by atoms with Crippen LogP contribution in [-0.4, -0.2) is 0 Å². The van der Waals surface area contributed by atoms with Gasteiger partial charge in [-0.2, -0.15) is 0 Å². The first-order valence-electron chi connectivity index (χ1n) is 7.52. The maximum atomic E-state index is 13.9. The number of hydrogen-bond donors (Lipinski definition) is 0. The molecule has 3 rings (SSSR count). The van der Waals surface area contributed by atoms with E-state index in [9.17, 15) is 4.39 Å². The molecule has 3 heteroatoms. The third-order valence-electron chi connectivity index (χ3n) is 3.58. The molecule has 0 bridgehead atoms. The van der Waals surface area contributed by atoms with Gasteiger partial charge in [-0.1, -0.05) is 75.3 Å². The first-order valence-corrected chi connectivity index (χ1v) is 8.52. The van der Waals surface area contributed by atoms with Gasteiger partial charge in [0.15, 0.2) is 0 Å². The molecule has 0 N–H and O–H groups in total. The molecule has 0 aliphatic rings. The van der Waals surface area contributed by atoms with E-state index in [0.29, 0.717) is 11.9 Å². The number of hydrogen-bond acceptors (Lipinski definition) is 1.